The molecule has 0 spiro atoms. The fourth-order valence-electron chi connectivity index (χ4n) is 2.47. The number of methoxy groups -OCH3 is 1. The van der Waals surface area contributed by atoms with Crippen LogP contribution >= 0.6 is 0 Å². The second-order valence-electron chi connectivity index (χ2n) is 7.04. The molecule has 0 aromatic heterocycles. The molecule has 0 radical (unpaired) electrons. The van der Waals surface area contributed by atoms with Gasteiger partial charge in [-0.15, -0.1) is 0 Å². The number of hydrogen-bond acceptors (Lipinski definition) is 4. The molecule has 0 aliphatic rings. The van der Waals surface area contributed by atoms with Gasteiger partial charge in [-0.25, -0.2) is 0 Å². The number of rotatable bonds is 9. The fraction of sp³-hybridized carbons (Fsp3) is 0.375. The average molecular weight is 400 g/mol. The standard InChI is InChI=1S/C18H27NO3.C6H6O/c1-14(2)8-6-4-5-7-9-18(21)19-13-15-10-11-16(20)17(12-15)22-3;7-6-4-2-1-3-5-6/h6,8,10-12,14,20H,4-5,7,9,13H2,1-3H3,(H,19,21);1-5,7H/b8-6+;. The van der Waals surface area contributed by atoms with Gasteiger partial charge in [0.05, 0.1) is 7.11 Å². The molecule has 158 valence electrons. The van der Waals surface area contributed by atoms with Crippen molar-refractivity contribution < 1.29 is 19.7 Å². The molecule has 1 amide bonds. The summed E-state index contributed by atoms with van der Waals surface area (Å²) < 4.78 is 5.04. The zero-order chi connectivity index (χ0) is 21.5. The van der Waals surface area contributed by atoms with Crippen LogP contribution in [0.15, 0.2) is 60.7 Å². The van der Waals surface area contributed by atoms with Gasteiger partial charge < -0.3 is 20.3 Å². The molecule has 0 bridgehead atoms. The lowest BCUT2D eigenvalue weighted by molar-refractivity contribution is -0.121. The largest absolute Gasteiger partial charge is 0.508 e. The van der Waals surface area contributed by atoms with E-state index in [0.717, 1.165) is 24.8 Å². The quantitative estimate of drug-likeness (QED) is 0.401. The number of carbonyl (C=O) groups is 1. The van der Waals surface area contributed by atoms with Gasteiger partial charge in [-0.1, -0.05) is 50.3 Å². The number of aromatic hydroxyl groups is 2. The fourth-order valence-corrected chi connectivity index (χ4v) is 2.47. The summed E-state index contributed by atoms with van der Waals surface area (Å²) in [4.78, 5) is 11.8. The summed E-state index contributed by atoms with van der Waals surface area (Å²) in [6.45, 7) is 4.76. The third-order valence-electron chi connectivity index (χ3n) is 4.04. The average Bonchev–Trinajstić information content (AvgIpc) is 2.71. The molecule has 0 saturated heterocycles. The van der Waals surface area contributed by atoms with Crippen LogP contribution in [-0.4, -0.2) is 23.2 Å². The number of carbonyl (C=O) groups excluding carboxylic acids is 1. The first-order valence-corrected chi connectivity index (χ1v) is 9.95. The van der Waals surface area contributed by atoms with Gasteiger partial charge in [-0.2, -0.15) is 0 Å². The van der Waals surface area contributed by atoms with Crippen LogP contribution in [0, 0.1) is 5.92 Å². The summed E-state index contributed by atoms with van der Waals surface area (Å²) in [6, 6.07) is 13.8. The van der Waals surface area contributed by atoms with Gasteiger partial charge in [0, 0.05) is 13.0 Å². The Morgan fingerprint density at radius 2 is 1.83 bits per heavy atom. The van der Waals surface area contributed by atoms with Crippen LogP contribution < -0.4 is 10.1 Å². The first kappa shape index (κ1) is 24.1. The summed E-state index contributed by atoms with van der Waals surface area (Å²) in [7, 11) is 1.51. The predicted molar refractivity (Wildman–Crippen MR) is 117 cm³/mol. The van der Waals surface area contributed by atoms with E-state index in [-0.39, 0.29) is 11.7 Å². The molecule has 0 aliphatic heterocycles. The number of hydrogen-bond donors (Lipinski definition) is 3. The number of benzene rings is 2. The Balaban J connectivity index is 0.000000502. The van der Waals surface area contributed by atoms with Crippen molar-refractivity contribution in [3.63, 3.8) is 0 Å². The van der Waals surface area contributed by atoms with Crippen molar-refractivity contribution in [2.75, 3.05) is 7.11 Å². The SMILES string of the molecule is COc1cc(CNC(=O)CCCC/C=C/C(C)C)ccc1O.Oc1ccccc1. The zero-order valence-corrected chi connectivity index (χ0v) is 17.6. The summed E-state index contributed by atoms with van der Waals surface area (Å²) in [5, 5.41) is 21.0. The van der Waals surface area contributed by atoms with Crippen molar-refractivity contribution in [3.8, 4) is 17.2 Å². The van der Waals surface area contributed by atoms with Crippen molar-refractivity contribution in [2.45, 2.75) is 46.1 Å². The molecule has 0 fully saturated rings. The van der Waals surface area contributed by atoms with Gasteiger partial charge in [0.15, 0.2) is 11.5 Å². The Morgan fingerprint density at radius 1 is 1.10 bits per heavy atom. The normalized spacial score (nSPS) is 10.5. The van der Waals surface area contributed by atoms with E-state index >= 15 is 0 Å². The number of unbranched alkanes of at least 4 members (excludes halogenated alkanes) is 2. The van der Waals surface area contributed by atoms with Crippen molar-refractivity contribution >= 4 is 5.91 Å². The summed E-state index contributed by atoms with van der Waals surface area (Å²) in [6.07, 6.45) is 7.88. The van der Waals surface area contributed by atoms with E-state index in [2.05, 4.69) is 31.3 Å². The molecule has 5 nitrogen and oxygen atoms in total. The highest BCUT2D eigenvalue weighted by Crippen LogP contribution is 2.26. The highest BCUT2D eigenvalue weighted by molar-refractivity contribution is 5.75. The molecular weight excluding hydrogens is 366 g/mol. The van der Waals surface area contributed by atoms with Gasteiger partial charge in [-0.3, -0.25) is 4.79 Å². The number of nitrogens with one attached hydrogen (secondary N) is 1. The first-order valence-electron chi connectivity index (χ1n) is 9.95. The Kier molecular flexibility index (Phi) is 11.7. The molecule has 2 aromatic carbocycles. The van der Waals surface area contributed by atoms with Gasteiger partial charge in [-0.05, 0) is 55.0 Å². The third-order valence-corrected chi connectivity index (χ3v) is 4.04. The topological polar surface area (TPSA) is 78.8 Å². The maximum absolute atomic E-state index is 11.8. The summed E-state index contributed by atoms with van der Waals surface area (Å²) >= 11 is 0. The van der Waals surface area contributed by atoms with E-state index in [9.17, 15) is 9.90 Å². The second kappa shape index (κ2) is 14.1. The minimum absolute atomic E-state index is 0.0554. The second-order valence-corrected chi connectivity index (χ2v) is 7.04. The zero-order valence-electron chi connectivity index (χ0n) is 17.6. The monoisotopic (exact) mass is 399 g/mol. The van der Waals surface area contributed by atoms with Crippen LogP contribution in [0.3, 0.4) is 0 Å². The molecule has 0 heterocycles. The molecular formula is C24H33NO4. The van der Waals surface area contributed by atoms with Gasteiger partial charge >= 0.3 is 0 Å². The molecule has 0 aliphatic carbocycles. The Labute approximate surface area is 174 Å². The molecule has 29 heavy (non-hydrogen) atoms. The highest BCUT2D eigenvalue weighted by atomic mass is 16.5. The van der Waals surface area contributed by atoms with E-state index in [0.29, 0.717) is 30.4 Å². The highest BCUT2D eigenvalue weighted by Gasteiger charge is 2.05. The van der Waals surface area contributed by atoms with Crippen molar-refractivity contribution in [1.82, 2.24) is 5.32 Å². The number of phenols is 2. The first-order chi connectivity index (χ1) is 13.9. The van der Waals surface area contributed by atoms with E-state index in [1.165, 1.54) is 7.11 Å². The Hall–Kier alpha value is -2.95. The van der Waals surface area contributed by atoms with Gasteiger partial charge in [0.2, 0.25) is 5.91 Å². The number of amides is 1. The molecule has 0 saturated carbocycles. The van der Waals surface area contributed by atoms with Crippen LogP contribution in [0.5, 0.6) is 17.2 Å². The maximum Gasteiger partial charge on any atom is 0.220 e. The van der Waals surface area contributed by atoms with E-state index in [1.54, 1.807) is 42.5 Å². The molecule has 0 unspecified atom stereocenters. The molecule has 5 heteroatoms. The van der Waals surface area contributed by atoms with E-state index in [1.807, 2.05) is 6.07 Å². The van der Waals surface area contributed by atoms with Crippen LogP contribution in [0.1, 0.15) is 45.1 Å². The number of allylic oxidation sites excluding steroid dienone is 2. The lowest BCUT2D eigenvalue weighted by Crippen LogP contribution is -2.22. The van der Waals surface area contributed by atoms with Crippen molar-refractivity contribution in [3.05, 3.63) is 66.2 Å². The Bertz CT molecular complexity index is 742. The number of ether oxygens (including phenoxy) is 1. The number of phenolic OH excluding ortho intramolecular Hbond substituents is 2. The third kappa shape index (κ3) is 11.5. The molecule has 3 N–H and O–H groups in total. The van der Waals surface area contributed by atoms with Crippen LogP contribution in [-0.2, 0) is 11.3 Å². The van der Waals surface area contributed by atoms with Gasteiger partial charge in [0.25, 0.3) is 0 Å². The minimum Gasteiger partial charge on any atom is -0.508 e. The van der Waals surface area contributed by atoms with Gasteiger partial charge in [0.1, 0.15) is 5.75 Å². The van der Waals surface area contributed by atoms with E-state index in [4.69, 9.17) is 9.84 Å². The summed E-state index contributed by atoms with van der Waals surface area (Å²) in [5.74, 6) is 1.49. The van der Waals surface area contributed by atoms with E-state index < -0.39 is 0 Å². The minimum atomic E-state index is 0.0554. The number of para-hydroxylation sites is 1. The molecule has 2 rings (SSSR count). The van der Waals surface area contributed by atoms with Crippen molar-refractivity contribution in [1.29, 1.82) is 0 Å². The lowest BCUT2D eigenvalue weighted by atomic mass is 10.1. The van der Waals surface area contributed by atoms with Crippen LogP contribution in [0.4, 0.5) is 0 Å². The predicted octanol–water partition coefficient (Wildman–Crippen LogP) is 5.18. The maximum atomic E-state index is 11.8. The smallest absolute Gasteiger partial charge is 0.220 e. The van der Waals surface area contributed by atoms with Crippen molar-refractivity contribution in [2.24, 2.45) is 5.92 Å². The Morgan fingerprint density at radius 3 is 2.41 bits per heavy atom. The molecule has 2 aromatic rings. The summed E-state index contributed by atoms with van der Waals surface area (Å²) in [5.41, 5.74) is 0.905. The van der Waals surface area contributed by atoms with Crippen LogP contribution in [0.2, 0.25) is 0 Å². The lowest BCUT2D eigenvalue weighted by Gasteiger charge is -2.08. The molecule has 0 atom stereocenters. The van der Waals surface area contributed by atoms with Crippen LogP contribution in [0.25, 0.3) is 0 Å².